The molecule has 0 unspecified atom stereocenters. The molecule has 3 nitrogen and oxygen atoms in total. The molecule has 0 saturated carbocycles. The second-order valence-electron chi connectivity index (χ2n) is 4.02. The van der Waals surface area contributed by atoms with E-state index in [1.165, 1.54) is 18.9 Å². The van der Waals surface area contributed by atoms with Gasteiger partial charge >= 0.3 is 0 Å². The maximum atomic E-state index is 14.0. The maximum absolute atomic E-state index is 14.0. The quantitative estimate of drug-likeness (QED) is 0.263. The summed E-state index contributed by atoms with van der Waals surface area (Å²) in [6.45, 7) is 2.16. The highest BCUT2D eigenvalue weighted by atomic mass is 32.2. The molecule has 0 heterocycles. The SMILES string of the molecule is CCCCCSCc1cccc(/C(N)=N/O)c1F. The largest absolute Gasteiger partial charge is 0.409 e. The van der Waals surface area contributed by atoms with Crippen LogP contribution in [-0.2, 0) is 5.75 Å². The van der Waals surface area contributed by atoms with Crippen LogP contribution in [0.5, 0.6) is 0 Å². The van der Waals surface area contributed by atoms with Crippen LogP contribution in [0.1, 0.15) is 37.3 Å². The van der Waals surface area contributed by atoms with Gasteiger partial charge in [0.2, 0.25) is 0 Å². The van der Waals surface area contributed by atoms with Crippen molar-refractivity contribution in [1.29, 1.82) is 0 Å². The first-order chi connectivity index (χ1) is 8.70. The van der Waals surface area contributed by atoms with Gasteiger partial charge in [0, 0.05) is 5.75 Å². The van der Waals surface area contributed by atoms with Gasteiger partial charge in [-0.05, 0) is 23.8 Å². The number of nitrogens with two attached hydrogens (primary N) is 1. The molecule has 0 aromatic heterocycles. The number of thioether (sulfide) groups is 1. The average Bonchev–Trinajstić information content (AvgIpc) is 2.39. The Morgan fingerprint density at radius 3 is 2.89 bits per heavy atom. The van der Waals surface area contributed by atoms with Crippen LogP contribution < -0.4 is 5.73 Å². The molecule has 1 rings (SSSR count). The minimum Gasteiger partial charge on any atom is -0.409 e. The van der Waals surface area contributed by atoms with Crippen LogP contribution in [0.2, 0.25) is 0 Å². The van der Waals surface area contributed by atoms with E-state index >= 15 is 0 Å². The number of nitrogens with zero attached hydrogens (tertiary/aromatic N) is 1. The van der Waals surface area contributed by atoms with Crippen LogP contribution in [0.25, 0.3) is 0 Å². The Hall–Kier alpha value is -1.23. The van der Waals surface area contributed by atoms with Crippen LogP contribution in [0.4, 0.5) is 4.39 Å². The lowest BCUT2D eigenvalue weighted by Crippen LogP contribution is -2.15. The number of rotatable bonds is 7. The summed E-state index contributed by atoms with van der Waals surface area (Å²) in [6, 6.07) is 4.96. The summed E-state index contributed by atoms with van der Waals surface area (Å²) in [7, 11) is 0. The van der Waals surface area contributed by atoms with E-state index in [1.807, 2.05) is 0 Å². The molecule has 1 aromatic carbocycles. The van der Waals surface area contributed by atoms with Crippen LogP contribution >= 0.6 is 11.8 Å². The molecule has 0 bridgehead atoms. The second kappa shape index (κ2) is 7.97. The summed E-state index contributed by atoms with van der Waals surface area (Å²) in [5, 5.41) is 11.4. The zero-order chi connectivity index (χ0) is 13.4. The third-order valence-corrected chi connectivity index (χ3v) is 3.70. The molecule has 0 aliphatic heterocycles. The van der Waals surface area contributed by atoms with Gasteiger partial charge in [-0.1, -0.05) is 37.1 Å². The lowest BCUT2D eigenvalue weighted by molar-refractivity contribution is 0.318. The highest BCUT2D eigenvalue weighted by Crippen LogP contribution is 2.19. The zero-order valence-corrected chi connectivity index (χ0v) is 11.3. The van der Waals surface area contributed by atoms with Crippen molar-refractivity contribution in [3.8, 4) is 0 Å². The Kier molecular flexibility index (Phi) is 6.57. The molecule has 0 aliphatic rings. The summed E-state index contributed by atoms with van der Waals surface area (Å²) < 4.78 is 14.0. The molecule has 0 radical (unpaired) electrons. The molecule has 1 aromatic rings. The van der Waals surface area contributed by atoms with Gasteiger partial charge in [-0.15, -0.1) is 0 Å². The first-order valence-corrected chi connectivity index (χ1v) is 7.19. The second-order valence-corrected chi connectivity index (χ2v) is 5.13. The van der Waals surface area contributed by atoms with Crippen molar-refractivity contribution in [3.63, 3.8) is 0 Å². The third-order valence-electron chi connectivity index (χ3n) is 2.61. The minimum atomic E-state index is -0.393. The summed E-state index contributed by atoms with van der Waals surface area (Å²) in [4.78, 5) is 0. The fourth-order valence-corrected chi connectivity index (χ4v) is 2.57. The van der Waals surface area contributed by atoms with Crippen molar-refractivity contribution < 1.29 is 9.60 Å². The molecule has 0 saturated heterocycles. The first kappa shape index (κ1) is 14.8. The molecule has 3 N–H and O–H groups in total. The topological polar surface area (TPSA) is 58.6 Å². The van der Waals surface area contributed by atoms with E-state index in [4.69, 9.17) is 10.9 Å². The molecular weight excluding hydrogens is 251 g/mol. The Labute approximate surface area is 111 Å². The monoisotopic (exact) mass is 270 g/mol. The highest BCUT2D eigenvalue weighted by Gasteiger charge is 2.11. The fourth-order valence-electron chi connectivity index (χ4n) is 1.58. The Balaban J connectivity index is 2.61. The highest BCUT2D eigenvalue weighted by molar-refractivity contribution is 7.98. The van der Waals surface area contributed by atoms with Crippen molar-refractivity contribution in [1.82, 2.24) is 0 Å². The number of halogens is 1. The van der Waals surface area contributed by atoms with Crippen molar-refractivity contribution in [2.24, 2.45) is 10.9 Å². The van der Waals surface area contributed by atoms with Crippen LogP contribution in [0.3, 0.4) is 0 Å². The number of benzene rings is 1. The molecule has 0 spiro atoms. The standard InChI is InChI=1S/C13H19FN2OS/c1-2-3-4-8-18-9-10-6-5-7-11(12(10)14)13(15)16-17/h5-7,17H,2-4,8-9H2,1H3,(H2,15,16). The van der Waals surface area contributed by atoms with E-state index in [0.717, 1.165) is 12.2 Å². The molecule has 0 atom stereocenters. The molecule has 100 valence electrons. The predicted octanol–water partition coefficient (Wildman–Crippen LogP) is 3.34. The Bertz CT molecular complexity index is 410. The van der Waals surface area contributed by atoms with Crippen LogP contribution in [0.15, 0.2) is 23.4 Å². The zero-order valence-electron chi connectivity index (χ0n) is 10.5. The Morgan fingerprint density at radius 2 is 2.22 bits per heavy atom. The van der Waals surface area contributed by atoms with Gasteiger partial charge in [0.05, 0.1) is 5.56 Å². The van der Waals surface area contributed by atoms with Gasteiger partial charge in [0.15, 0.2) is 5.84 Å². The molecular formula is C13H19FN2OS. The number of amidine groups is 1. The van der Waals surface area contributed by atoms with Gasteiger partial charge in [-0.25, -0.2) is 4.39 Å². The van der Waals surface area contributed by atoms with Crippen molar-refractivity contribution in [2.75, 3.05) is 5.75 Å². The number of oxime groups is 1. The van der Waals surface area contributed by atoms with E-state index in [9.17, 15) is 4.39 Å². The fraction of sp³-hybridized carbons (Fsp3) is 0.462. The molecule has 18 heavy (non-hydrogen) atoms. The average molecular weight is 270 g/mol. The molecule has 0 fully saturated rings. The number of hydrogen-bond donors (Lipinski definition) is 2. The summed E-state index contributed by atoms with van der Waals surface area (Å²) in [6.07, 6.45) is 3.55. The molecule has 5 heteroatoms. The lowest BCUT2D eigenvalue weighted by atomic mass is 10.1. The minimum absolute atomic E-state index is 0.157. The van der Waals surface area contributed by atoms with Gasteiger partial charge in [0.25, 0.3) is 0 Å². The van der Waals surface area contributed by atoms with Crippen molar-refractivity contribution in [3.05, 3.63) is 35.1 Å². The Morgan fingerprint density at radius 1 is 1.44 bits per heavy atom. The summed E-state index contributed by atoms with van der Waals surface area (Å²) >= 11 is 1.71. The predicted molar refractivity (Wildman–Crippen MR) is 74.6 cm³/mol. The molecule has 0 amide bonds. The van der Waals surface area contributed by atoms with E-state index in [0.29, 0.717) is 11.3 Å². The van der Waals surface area contributed by atoms with Crippen LogP contribution in [0, 0.1) is 5.82 Å². The lowest BCUT2D eigenvalue weighted by Gasteiger charge is -2.07. The van der Waals surface area contributed by atoms with Gasteiger partial charge < -0.3 is 10.9 Å². The summed E-state index contributed by atoms with van der Waals surface area (Å²) in [5.41, 5.74) is 6.17. The van der Waals surface area contributed by atoms with Crippen molar-refractivity contribution in [2.45, 2.75) is 31.9 Å². The summed E-state index contributed by atoms with van der Waals surface area (Å²) in [5.74, 6) is 1.06. The maximum Gasteiger partial charge on any atom is 0.173 e. The van der Waals surface area contributed by atoms with E-state index < -0.39 is 5.82 Å². The van der Waals surface area contributed by atoms with E-state index in [-0.39, 0.29) is 11.4 Å². The number of unbranched alkanes of at least 4 members (excludes halogenated alkanes) is 2. The van der Waals surface area contributed by atoms with Gasteiger partial charge in [-0.3, -0.25) is 0 Å². The first-order valence-electron chi connectivity index (χ1n) is 6.03. The van der Waals surface area contributed by atoms with Gasteiger partial charge in [0.1, 0.15) is 5.82 Å². The third kappa shape index (κ3) is 4.22. The number of hydrogen-bond acceptors (Lipinski definition) is 3. The van der Waals surface area contributed by atoms with E-state index in [2.05, 4.69) is 12.1 Å². The normalized spacial score (nSPS) is 11.8. The molecule has 0 aliphatic carbocycles. The van der Waals surface area contributed by atoms with E-state index in [1.54, 1.807) is 23.9 Å². The smallest absolute Gasteiger partial charge is 0.173 e. The van der Waals surface area contributed by atoms with Gasteiger partial charge in [-0.2, -0.15) is 11.8 Å². The van der Waals surface area contributed by atoms with Crippen molar-refractivity contribution >= 4 is 17.6 Å². The van der Waals surface area contributed by atoms with Crippen LogP contribution in [-0.4, -0.2) is 16.8 Å².